The SMILES string of the molecule is COc1ccccc1/C=C/C=c1/sc2nc(=O)c(Cc3ccc(OC)c(OC)c3)nn2c1=O. The molecule has 0 bridgehead atoms. The summed E-state index contributed by atoms with van der Waals surface area (Å²) in [5, 5.41) is 4.29. The highest BCUT2D eigenvalue weighted by molar-refractivity contribution is 7.15. The van der Waals surface area contributed by atoms with E-state index in [-0.39, 0.29) is 22.6 Å². The van der Waals surface area contributed by atoms with Gasteiger partial charge in [-0.25, -0.2) is 0 Å². The van der Waals surface area contributed by atoms with E-state index in [9.17, 15) is 9.59 Å². The van der Waals surface area contributed by atoms with E-state index < -0.39 is 5.56 Å². The van der Waals surface area contributed by atoms with Crippen LogP contribution in [0.1, 0.15) is 16.8 Å². The normalized spacial score (nSPS) is 11.9. The monoisotopic (exact) mass is 463 g/mol. The second-order valence-electron chi connectivity index (χ2n) is 6.96. The fraction of sp³-hybridized carbons (Fsp3) is 0.167. The number of benzene rings is 2. The van der Waals surface area contributed by atoms with E-state index in [1.165, 1.54) is 11.6 Å². The Balaban J connectivity index is 1.68. The molecule has 0 aliphatic carbocycles. The minimum Gasteiger partial charge on any atom is -0.496 e. The van der Waals surface area contributed by atoms with E-state index in [1.807, 2.05) is 36.4 Å². The zero-order valence-electron chi connectivity index (χ0n) is 18.3. The fourth-order valence-corrected chi connectivity index (χ4v) is 4.15. The molecule has 33 heavy (non-hydrogen) atoms. The van der Waals surface area contributed by atoms with E-state index in [1.54, 1.807) is 38.5 Å². The van der Waals surface area contributed by atoms with Gasteiger partial charge in [0, 0.05) is 12.0 Å². The number of allylic oxidation sites excluding steroid dienone is 1. The molecule has 0 N–H and O–H groups in total. The Hall–Kier alpha value is -3.98. The number of ether oxygens (including phenoxy) is 3. The summed E-state index contributed by atoms with van der Waals surface area (Å²) in [4.78, 5) is 29.7. The first-order valence-electron chi connectivity index (χ1n) is 9.99. The third kappa shape index (κ3) is 4.63. The Morgan fingerprint density at radius 3 is 2.48 bits per heavy atom. The Morgan fingerprint density at radius 2 is 1.73 bits per heavy atom. The summed E-state index contributed by atoms with van der Waals surface area (Å²) in [5.74, 6) is 1.86. The van der Waals surface area contributed by atoms with Crippen molar-refractivity contribution < 1.29 is 14.2 Å². The van der Waals surface area contributed by atoms with Crippen LogP contribution >= 0.6 is 11.3 Å². The van der Waals surface area contributed by atoms with Gasteiger partial charge in [-0.05, 0) is 29.8 Å². The number of fused-ring (bicyclic) bond motifs is 1. The molecule has 9 heteroatoms. The molecular formula is C24H21N3O5S. The van der Waals surface area contributed by atoms with Crippen molar-refractivity contribution in [2.45, 2.75) is 6.42 Å². The Labute approximate surface area is 193 Å². The lowest BCUT2D eigenvalue weighted by atomic mass is 10.1. The van der Waals surface area contributed by atoms with Crippen molar-refractivity contribution in [3.8, 4) is 17.2 Å². The maximum atomic E-state index is 12.8. The molecule has 2 aromatic heterocycles. The summed E-state index contributed by atoms with van der Waals surface area (Å²) in [7, 11) is 4.69. The molecule has 0 aliphatic heterocycles. The molecule has 0 aliphatic rings. The van der Waals surface area contributed by atoms with Gasteiger partial charge in [0.1, 0.15) is 11.4 Å². The molecule has 168 valence electrons. The van der Waals surface area contributed by atoms with Crippen LogP contribution < -0.4 is 29.9 Å². The van der Waals surface area contributed by atoms with Gasteiger partial charge >= 0.3 is 0 Å². The molecule has 2 aromatic carbocycles. The van der Waals surface area contributed by atoms with Crippen LogP contribution in [-0.2, 0) is 6.42 Å². The third-order valence-corrected chi connectivity index (χ3v) is 5.91. The van der Waals surface area contributed by atoms with E-state index in [0.29, 0.717) is 16.0 Å². The van der Waals surface area contributed by atoms with Crippen LogP contribution in [0.3, 0.4) is 0 Å². The summed E-state index contributed by atoms with van der Waals surface area (Å²) in [6, 6.07) is 12.9. The van der Waals surface area contributed by atoms with Gasteiger partial charge in [-0.1, -0.05) is 47.8 Å². The number of hydrogen-bond donors (Lipinski definition) is 0. The highest BCUT2D eigenvalue weighted by Gasteiger charge is 2.13. The minimum atomic E-state index is -0.470. The van der Waals surface area contributed by atoms with Crippen LogP contribution in [0.25, 0.3) is 17.1 Å². The van der Waals surface area contributed by atoms with Crippen LogP contribution in [0.4, 0.5) is 0 Å². The quantitative estimate of drug-likeness (QED) is 0.415. The molecular weight excluding hydrogens is 442 g/mol. The Kier molecular flexibility index (Phi) is 6.50. The number of methoxy groups -OCH3 is 3. The van der Waals surface area contributed by atoms with Crippen molar-refractivity contribution in [1.29, 1.82) is 0 Å². The summed E-state index contributed by atoms with van der Waals surface area (Å²) >= 11 is 1.11. The van der Waals surface area contributed by atoms with Crippen LogP contribution in [0.2, 0.25) is 0 Å². The minimum absolute atomic E-state index is 0.172. The van der Waals surface area contributed by atoms with Crippen molar-refractivity contribution in [1.82, 2.24) is 14.6 Å². The predicted molar refractivity (Wildman–Crippen MR) is 127 cm³/mol. The first-order valence-corrected chi connectivity index (χ1v) is 10.8. The maximum Gasteiger partial charge on any atom is 0.296 e. The lowest BCUT2D eigenvalue weighted by Gasteiger charge is -2.09. The predicted octanol–water partition coefficient (Wildman–Crippen LogP) is 2.34. The molecule has 0 radical (unpaired) electrons. The van der Waals surface area contributed by atoms with Gasteiger partial charge in [-0.2, -0.15) is 14.6 Å². The van der Waals surface area contributed by atoms with Gasteiger partial charge in [-0.15, -0.1) is 0 Å². The number of rotatable bonds is 7. The highest BCUT2D eigenvalue weighted by Crippen LogP contribution is 2.28. The molecule has 8 nitrogen and oxygen atoms in total. The molecule has 2 heterocycles. The van der Waals surface area contributed by atoms with Crippen molar-refractivity contribution in [2.24, 2.45) is 0 Å². The molecule has 0 unspecified atom stereocenters. The molecule has 4 rings (SSSR count). The first kappa shape index (κ1) is 22.2. The Bertz CT molecular complexity index is 1510. The number of aromatic nitrogens is 3. The van der Waals surface area contributed by atoms with E-state index >= 15 is 0 Å². The zero-order valence-corrected chi connectivity index (χ0v) is 19.1. The van der Waals surface area contributed by atoms with E-state index in [2.05, 4.69) is 10.1 Å². The van der Waals surface area contributed by atoms with Gasteiger partial charge in [-0.3, -0.25) is 9.59 Å². The summed E-state index contributed by atoms with van der Waals surface area (Å²) in [5.41, 5.74) is 1.04. The van der Waals surface area contributed by atoms with Gasteiger partial charge < -0.3 is 14.2 Å². The fourth-order valence-electron chi connectivity index (χ4n) is 3.29. The second-order valence-corrected chi connectivity index (χ2v) is 7.97. The van der Waals surface area contributed by atoms with Crippen molar-refractivity contribution in [2.75, 3.05) is 21.3 Å². The average Bonchev–Trinajstić information content (AvgIpc) is 3.13. The summed E-state index contributed by atoms with van der Waals surface area (Å²) in [6.07, 6.45) is 5.48. The van der Waals surface area contributed by atoms with Crippen LogP contribution in [-0.4, -0.2) is 35.9 Å². The standard InChI is InChI=1S/C24H21N3O5S/c1-30-18-9-5-4-7-16(18)8-6-10-21-23(29)27-24(33-21)25-22(28)17(26-27)13-15-11-12-19(31-2)20(14-15)32-3/h4-12,14H,13H2,1-3H3/b8-6+,21-10+. The molecule has 0 fully saturated rings. The topological polar surface area (TPSA) is 92.0 Å². The summed E-state index contributed by atoms with van der Waals surface area (Å²) in [6.45, 7) is 0. The molecule has 4 aromatic rings. The number of hydrogen-bond acceptors (Lipinski definition) is 8. The molecule has 0 amide bonds. The lowest BCUT2D eigenvalue weighted by Crippen LogP contribution is -2.27. The maximum absolute atomic E-state index is 12.8. The van der Waals surface area contributed by atoms with Crippen molar-refractivity contribution in [3.05, 3.63) is 90.6 Å². The first-order chi connectivity index (χ1) is 16.0. The summed E-state index contributed by atoms with van der Waals surface area (Å²) < 4.78 is 17.5. The van der Waals surface area contributed by atoms with Crippen molar-refractivity contribution >= 4 is 28.4 Å². The van der Waals surface area contributed by atoms with Gasteiger partial charge in [0.05, 0.1) is 25.9 Å². The molecule has 0 spiro atoms. The Morgan fingerprint density at radius 1 is 0.970 bits per heavy atom. The van der Waals surface area contributed by atoms with Gasteiger partial charge in [0.15, 0.2) is 11.5 Å². The highest BCUT2D eigenvalue weighted by atomic mass is 32.1. The van der Waals surface area contributed by atoms with E-state index in [0.717, 1.165) is 28.2 Å². The van der Waals surface area contributed by atoms with Gasteiger partial charge in [0.25, 0.3) is 11.1 Å². The zero-order chi connectivity index (χ0) is 23.4. The molecule has 0 saturated heterocycles. The third-order valence-electron chi connectivity index (χ3n) is 4.93. The number of nitrogens with zero attached hydrogens (tertiary/aromatic N) is 3. The number of para-hydroxylation sites is 1. The van der Waals surface area contributed by atoms with Crippen LogP contribution in [0, 0.1) is 0 Å². The largest absolute Gasteiger partial charge is 0.496 e. The molecule has 0 atom stereocenters. The van der Waals surface area contributed by atoms with Gasteiger partial charge in [0.2, 0.25) is 4.96 Å². The van der Waals surface area contributed by atoms with E-state index in [4.69, 9.17) is 14.2 Å². The lowest BCUT2D eigenvalue weighted by molar-refractivity contribution is 0.354. The van der Waals surface area contributed by atoms with Crippen LogP contribution in [0.15, 0.2) is 58.1 Å². The van der Waals surface area contributed by atoms with Crippen molar-refractivity contribution in [3.63, 3.8) is 0 Å². The smallest absolute Gasteiger partial charge is 0.296 e. The average molecular weight is 464 g/mol. The molecule has 0 saturated carbocycles. The van der Waals surface area contributed by atoms with Crippen LogP contribution in [0.5, 0.6) is 17.2 Å². The second kappa shape index (κ2) is 9.66. The number of thiazole rings is 1.